The first-order valence-electron chi connectivity index (χ1n) is 15.7. The number of rotatable bonds is 4. The number of hydrogen-bond acceptors (Lipinski definition) is 4. The van der Waals surface area contributed by atoms with E-state index >= 15 is 0 Å². The van der Waals surface area contributed by atoms with Gasteiger partial charge in [-0.1, -0.05) is 115 Å². The monoisotopic (exact) mass is 583 g/mol. The first-order chi connectivity index (χ1) is 22.3. The average Bonchev–Trinajstić information content (AvgIpc) is 3.46. The van der Waals surface area contributed by atoms with Gasteiger partial charge in [0.25, 0.3) is 0 Å². The molecule has 1 fully saturated rings. The number of allylic oxidation sites excluding steroid dienone is 2. The molecule has 0 aliphatic carbocycles. The summed E-state index contributed by atoms with van der Waals surface area (Å²) in [6, 6.07) is 47.9. The van der Waals surface area contributed by atoms with Gasteiger partial charge >= 0.3 is 0 Å². The van der Waals surface area contributed by atoms with Crippen molar-refractivity contribution in [2.24, 2.45) is 0 Å². The SMILES string of the molecule is C1=C(C2NC(c3ccccc3)NC(c3ccc4ccccc4c3)N2)NCC(n2c3ccccc3c3c4ccccc4ccc32)=C1. The van der Waals surface area contributed by atoms with E-state index < -0.39 is 0 Å². The molecule has 3 heterocycles. The van der Waals surface area contributed by atoms with Gasteiger partial charge < -0.3 is 9.88 Å². The van der Waals surface area contributed by atoms with Gasteiger partial charge in [-0.2, -0.15) is 0 Å². The maximum Gasteiger partial charge on any atom is 0.101 e. The van der Waals surface area contributed by atoms with Gasteiger partial charge in [-0.25, -0.2) is 0 Å². The first kappa shape index (κ1) is 26.2. The molecule has 3 atom stereocenters. The fraction of sp³-hybridized carbons (Fsp3) is 0.100. The van der Waals surface area contributed by atoms with Crippen LogP contribution in [-0.2, 0) is 0 Å². The Bertz CT molecular complexity index is 2280. The van der Waals surface area contributed by atoms with E-state index in [1.165, 1.54) is 60.2 Å². The molecule has 45 heavy (non-hydrogen) atoms. The topological polar surface area (TPSA) is 53.0 Å². The Morgan fingerprint density at radius 3 is 1.98 bits per heavy atom. The van der Waals surface area contributed by atoms with Crippen molar-refractivity contribution >= 4 is 49.0 Å². The molecule has 218 valence electrons. The summed E-state index contributed by atoms with van der Waals surface area (Å²) in [5.74, 6) is 0. The number of nitrogens with zero attached hydrogens (tertiary/aromatic N) is 1. The number of nitrogens with one attached hydrogen (secondary N) is 4. The summed E-state index contributed by atoms with van der Waals surface area (Å²) in [6.45, 7) is 0.719. The zero-order valence-corrected chi connectivity index (χ0v) is 24.7. The summed E-state index contributed by atoms with van der Waals surface area (Å²) < 4.78 is 2.42. The van der Waals surface area contributed by atoms with E-state index in [0.29, 0.717) is 0 Å². The summed E-state index contributed by atoms with van der Waals surface area (Å²) in [7, 11) is 0. The zero-order chi connectivity index (χ0) is 29.7. The van der Waals surface area contributed by atoms with Crippen molar-refractivity contribution in [3.05, 3.63) is 162 Å². The summed E-state index contributed by atoms with van der Waals surface area (Å²) in [5.41, 5.74) is 7.23. The number of aromatic nitrogens is 1. The maximum atomic E-state index is 3.84. The van der Waals surface area contributed by atoms with Gasteiger partial charge in [0.2, 0.25) is 0 Å². The second-order valence-electron chi connectivity index (χ2n) is 12.0. The predicted octanol–water partition coefficient (Wildman–Crippen LogP) is 7.94. The number of benzene rings is 6. The molecule has 0 saturated carbocycles. The fourth-order valence-corrected chi connectivity index (χ4v) is 7.14. The van der Waals surface area contributed by atoms with E-state index in [1.54, 1.807) is 0 Å². The molecule has 0 bridgehead atoms. The molecule has 1 aromatic heterocycles. The average molecular weight is 584 g/mol. The largest absolute Gasteiger partial charge is 0.380 e. The van der Waals surface area contributed by atoms with Gasteiger partial charge in [-0.3, -0.25) is 16.0 Å². The highest BCUT2D eigenvalue weighted by Gasteiger charge is 2.31. The molecule has 2 aliphatic heterocycles. The van der Waals surface area contributed by atoms with Gasteiger partial charge in [-0.15, -0.1) is 0 Å². The van der Waals surface area contributed by atoms with Crippen LogP contribution < -0.4 is 21.3 Å². The lowest BCUT2D eigenvalue weighted by Crippen LogP contribution is -2.61. The predicted molar refractivity (Wildman–Crippen MR) is 186 cm³/mol. The van der Waals surface area contributed by atoms with E-state index in [-0.39, 0.29) is 18.5 Å². The van der Waals surface area contributed by atoms with Crippen LogP contribution in [0.4, 0.5) is 0 Å². The smallest absolute Gasteiger partial charge is 0.101 e. The van der Waals surface area contributed by atoms with Crippen molar-refractivity contribution in [1.29, 1.82) is 0 Å². The first-order valence-corrected chi connectivity index (χ1v) is 15.7. The molecular formula is C40H33N5. The van der Waals surface area contributed by atoms with E-state index in [0.717, 1.165) is 12.2 Å². The van der Waals surface area contributed by atoms with Gasteiger partial charge in [0.15, 0.2) is 0 Å². The Kier molecular flexibility index (Phi) is 6.27. The summed E-state index contributed by atoms with van der Waals surface area (Å²) in [6.07, 6.45) is 4.38. The van der Waals surface area contributed by atoms with Crippen molar-refractivity contribution in [3.63, 3.8) is 0 Å². The second-order valence-corrected chi connectivity index (χ2v) is 12.0. The lowest BCUT2D eigenvalue weighted by molar-refractivity contribution is 0.217. The Hall–Kier alpha value is -5.20. The van der Waals surface area contributed by atoms with E-state index in [2.05, 4.69) is 171 Å². The van der Waals surface area contributed by atoms with Crippen LogP contribution in [0.25, 0.3) is 49.0 Å². The molecule has 7 aromatic rings. The molecule has 9 rings (SSSR count). The standard InChI is InChI=1S/C40H33N5/c1-2-12-28(13-3-1)38-42-39(30-19-18-26-10-4-5-14-29(26)24-30)44-40(43-38)34-22-21-31(25-41-34)45-35-17-9-8-16-33(35)37-32-15-7-6-11-27(32)20-23-36(37)45/h1-24,38-44H,25H2. The third-order valence-electron chi connectivity index (χ3n) is 9.33. The van der Waals surface area contributed by atoms with Gasteiger partial charge in [0, 0.05) is 22.2 Å². The zero-order valence-electron chi connectivity index (χ0n) is 24.7. The van der Waals surface area contributed by atoms with Crippen molar-refractivity contribution in [2.75, 3.05) is 6.54 Å². The number of dihydropyridines is 1. The fourth-order valence-electron chi connectivity index (χ4n) is 7.14. The number of fused-ring (bicyclic) bond motifs is 6. The Morgan fingerprint density at radius 2 is 1.16 bits per heavy atom. The van der Waals surface area contributed by atoms with Crippen molar-refractivity contribution in [1.82, 2.24) is 25.8 Å². The highest BCUT2D eigenvalue weighted by molar-refractivity contribution is 6.21. The molecule has 6 aromatic carbocycles. The Labute approximate surface area is 261 Å². The minimum absolute atomic E-state index is 0.0207. The molecule has 5 heteroatoms. The molecule has 3 unspecified atom stereocenters. The van der Waals surface area contributed by atoms with Crippen LogP contribution in [-0.4, -0.2) is 17.3 Å². The summed E-state index contributed by atoms with van der Waals surface area (Å²) >= 11 is 0. The van der Waals surface area contributed by atoms with E-state index in [4.69, 9.17) is 0 Å². The molecule has 0 amide bonds. The number of hydrogen-bond donors (Lipinski definition) is 4. The van der Waals surface area contributed by atoms with Gasteiger partial charge in [-0.05, 0) is 63.0 Å². The summed E-state index contributed by atoms with van der Waals surface area (Å²) in [5, 5.41) is 22.9. The molecule has 5 nitrogen and oxygen atoms in total. The Balaban J connectivity index is 1.10. The van der Waals surface area contributed by atoms with Crippen LogP contribution in [0.15, 0.2) is 151 Å². The normalized spacial score (nSPS) is 20.3. The lowest BCUT2D eigenvalue weighted by Gasteiger charge is -2.41. The molecule has 4 N–H and O–H groups in total. The summed E-state index contributed by atoms with van der Waals surface area (Å²) in [4.78, 5) is 0. The van der Waals surface area contributed by atoms with Crippen LogP contribution in [0.2, 0.25) is 0 Å². The molecular weight excluding hydrogens is 550 g/mol. The quantitative estimate of drug-likeness (QED) is 0.170. The van der Waals surface area contributed by atoms with Crippen molar-refractivity contribution in [3.8, 4) is 0 Å². The highest BCUT2D eigenvalue weighted by Crippen LogP contribution is 2.37. The van der Waals surface area contributed by atoms with E-state index in [9.17, 15) is 0 Å². The van der Waals surface area contributed by atoms with Crippen LogP contribution in [0.5, 0.6) is 0 Å². The number of para-hydroxylation sites is 1. The van der Waals surface area contributed by atoms with Crippen LogP contribution >= 0.6 is 0 Å². The van der Waals surface area contributed by atoms with Crippen molar-refractivity contribution in [2.45, 2.75) is 18.5 Å². The van der Waals surface area contributed by atoms with Crippen LogP contribution in [0.3, 0.4) is 0 Å². The lowest BCUT2D eigenvalue weighted by atomic mass is 10.0. The molecule has 0 radical (unpaired) electrons. The minimum Gasteiger partial charge on any atom is -0.380 e. The third-order valence-corrected chi connectivity index (χ3v) is 9.33. The minimum atomic E-state index is -0.0761. The molecule has 1 saturated heterocycles. The Morgan fingerprint density at radius 1 is 0.489 bits per heavy atom. The highest BCUT2D eigenvalue weighted by atomic mass is 15.4. The van der Waals surface area contributed by atoms with Gasteiger partial charge in [0.05, 0.1) is 29.9 Å². The maximum absolute atomic E-state index is 3.84. The van der Waals surface area contributed by atoms with Gasteiger partial charge in [0.1, 0.15) is 6.17 Å². The van der Waals surface area contributed by atoms with Crippen molar-refractivity contribution < 1.29 is 0 Å². The molecule has 0 spiro atoms. The third kappa shape index (κ3) is 4.52. The van der Waals surface area contributed by atoms with Crippen LogP contribution in [0.1, 0.15) is 23.5 Å². The second kappa shape index (κ2) is 10.8. The molecule has 2 aliphatic rings. The van der Waals surface area contributed by atoms with Crippen LogP contribution in [0, 0.1) is 0 Å². The van der Waals surface area contributed by atoms with E-state index in [1.807, 2.05) is 0 Å².